The molecule has 0 saturated carbocycles. The lowest BCUT2D eigenvalue weighted by molar-refractivity contribution is -0.158. The van der Waals surface area contributed by atoms with Crippen LogP contribution in [0, 0.1) is 25.7 Å². The summed E-state index contributed by atoms with van der Waals surface area (Å²) in [6.07, 6.45) is 0.776. The Bertz CT molecular complexity index is 1280. The predicted octanol–water partition coefficient (Wildman–Crippen LogP) is 6.85. The summed E-state index contributed by atoms with van der Waals surface area (Å²) in [4.78, 5) is 28.5. The van der Waals surface area contributed by atoms with E-state index in [1.54, 1.807) is 32.9 Å². The molecule has 0 unspecified atom stereocenters. The first-order valence-electron chi connectivity index (χ1n) is 13.6. The predicted molar refractivity (Wildman–Crippen MR) is 155 cm³/mol. The van der Waals surface area contributed by atoms with Gasteiger partial charge in [-0.3, -0.25) is 9.69 Å². The van der Waals surface area contributed by atoms with Crippen LogP contribution >= 0.6 is 11.6 Å². The van der Waals surface area contributed by atoms with Crippen LogP contribution in [0.4, 0.5) is 0 Å². The molecule has 0 radical (unpaired) electrons. The Hall–Kier alpha value is -3.15. The number of benzene rings is 3. The lowest BCUT2D eigenvalue weighted by atomic mass is 9.84. The van der Waals surface area contributed by atoms with Crippen molar-refractivity contribution in [2.45, 2.75) is 53.2 Å². The normalized spacial score (nSPS) is 17.7. The van der Waals surface area contributed by atoms with Crippen LogP contribution in [-0.4, -0.2) is 41.9 Å². The van der Waals surface area contributed by atoms with Crippen molar-refractivity contribution >= 4 is 23.4 Å². The Labute approximate surface area is 237 Å². The fourth-order valence-electron chi connectivity index (χ4n) is 5.49. The molecular weight excluding hydrogens is 510 g/mol. The first-order chi connectivity index (χ1) is 18.6. The van der Waals surface area contributed by atoms with Crippen LogP contribution in [0.5, 0.6) is 5.75 Å². The number of ether oxygens (including phenoxy) is 2. The summed E-state index contributed by atoms with van der Waals surface area (Å²) >= 11 is 6.09. The van der Waals surface area contributed by atoms with Gasteiger partial charge in [-0.15, -0.1) is 0 Å². The van der Waals surface area contributed by atoms with Crippen LogP contribution in [0.3, 0.4) is 0 Å². The van der Waals surface area contributed by atoms with E-state index in [4.69, 9.17) is 21.1 Å². The number of rotatable bonds is 10. The lowest BCUT2D eigenvalue weighted by Crippen LogP contribution is -2.40. The van der Waals surface area contributed by atoms with Gasteiger partial charge in [0.25, 0.3) is 0 Å². The van der Waals surface area contributed by atoms with Crippen molar-refractivity contribution in [3.8, 4) is 5.75 Å². The van der Waals surface area contributed by atoms with E-state index < -0.39 is 5.60 Å². The molecule has 206 valence electrons. The number of carbonyl (C=O) groups is 2. The van der Waals surface area contributed by atoms with Crippen molar-refractivity contribution in [2.24, 2.45) is 11.8 Å². The van der Waals surface area contributed by atoms with E-state index >= 15 is 0 Å². The quantitative estimate of drug-likeness (QED) is 0.205. The van der Waals surface area contributed by atoms with Gasteiger partial charge in [0, 0.05) is 36.1 Å². The van der Waals surface area contributed by atoms with Crippen molar-refractivity contribution in [2.75, 3.05) is 19.7 Å². The minimum Gasteiger partial charge on any atom is -0.476 e. The average Bonchev–Trinajstić information content (AvgIpc) is 3.28. The van der Waals surface area contributed by atoms with Gasteiger partial charge in [0.1, 0.15) is 5.75 Å². The summed E-state index contributed by atoms with van der Waals surface area (Å²) in [6, 6.07) is 21.8. The number of likely N-dealkylation sites (tertiary alicyclic amines) is 1. The number of hydrogen-bond acceptors (Lipinski definition) is 5. The lowest BCUT2D eigenvalue weighted by Gasteiger charge is -2.27. The molecule has 1 aliphatic heterocycles. The summed E-state index contributed by atoms with van der Waals surface area (Å²) in [7, 11) is 0. The standard InChI is InChI=1S/C33H38ClNO4/c1-6-38-32(37)33(4,5)39-31-22(2)16-25(17-23(31)3)18-27-20-35(19-24-10-8-7-9-11-24)21-29(27)30(36)26-12-14-28(34)15-13-26/h7-17,27,29H,6,18-21H2,1-5H3/t27-,29-/m0/s1. The van der Waals surface area contributed by atoms with Gasteiger partial charge in [-0.1, -0.05) is 54.1 Å². The number of halogens is 1. The highest BCUT2D eigenvalue weighted by molar-refractivity contribution is 6.30. The Balaban J connectivity index is 1.56. The van der Waals surface area contributed by atoms with Crippen LogP contribution in [0.25, 0.3) is 0 Å². The minimum atomic E-state index is -1.09. The SMILES string of the molecule is CCOC(=O)C(C)(C)Oc1c(C)cc(C[C@H]2CN(Cc3ccccc3)C[C@@H]2C(=O)c2ccc(Cl)cc2)cc1C. The Morgan fingerprint density at radius 3 is 2.21 bits per heavy atom. The third kappa shape index (κ3) is 7.09. The van der Waals surface area contributed by atoms with E-state index in [0.29, 0.717) is 29.5 Å². The monoisotopic (exact) mass is 547 g/mol. The van der Waals surface area contributed by atoms with Gasteiger partial charge in [-0.05, 0) is 93.5 Å². The number of carbonyl (C=O) groups excluding carboxylic acids is 2. The number of aryl methyl sites for hydroxylation is 2. The van der Waals surface area contributed by atoms with E-state index in [9.17, 15) is 9.59 Å². The van der Waals surface area contributed by atoms with Gasteiger partial charge >= 0.3 is 5.97 Å². The molecule has 3 aromatic rings. The van der Waals surface area contributed by atoms with E-state index in [1.807, 2.05) is 32.0 Å². The van der Waals surface area contributed by atoms with Gasteiger partial charge < -0.3 is 9.47 Å². The maximum atomic E-state index is 13.7. The smallest absolute Gasteiger partial charge is 0.349 e. The molecule has 4 rings (SSSR count). The van der Waals surface area contributed by atoms with Crippen LogP contribution in [0.15, 0.2) is 66.7 Å². The number of esters is 1. The molecule has 3 aromatic carbocycles. The summed E-state index contributed by atoms with van der Waals surface area (Å²) < 4.78 is 11.4. The molecule has 0 amide bonds. The number of Topliss-reactive ketones (excluding diaryl/α,β-unsaturated/α-hetero) is 1. The van der Waals surface area contributed by atoms with Gasteiger partial charge in [-0.25, -0.2) is 4.79 Å². The maximum absolute atomic E-state index is 13.7. The topological polar surface area (TPSA) is 55.8 Å². The zero-order chi connectivity index (χ0) is 28.2. The molecule has 1 fully saturated rings. The van der Waals surface area contributed by atoms with Crippen molar-refractivity contribution in [1.82, 2.24) is 4.90 Å². The largest absolute Gasteiger partial charge is 0.476 e. The number of hydrogen-bond donors (Lipinski definition) is 0. The second-order valence-electron chi connectivity index (χ2n) is 11.0. The molecule has 1 heterocycles. The average molecular weight is 548 g/mol. The first-order valence-corrected chi connectivity index (χ1v) is 14.0. The number of nitrogens with zero attached hydrogens (tertiary/aromatic N) is 1. The van der Waals surface area contributed by atoms with E-state index in [-0.39, 0.29) is 23.6 Å². The Kier molecular flexibility index (Phi) is 9.14. The summed E-state index contributed by atoms with van der Waals surface area (Å²) in [5.74, 6) is 0.521. The van der Waals surface area contributed by atoms with Crippen LogP contribution in [-0.2, 0) is 22.5 Å². The Morgan fingerprint density at radius 1 is 0.949 bits per heavy atom. The van der Waals surface area contributed by atoms with Gasteiger partial charge in [0.2, 0.25) is 0 Å². The third-order valence-corrected chi connectivity index (χ3v) is 7.63. The van der Waals surface area contributed by atoms with Crippen molar-refractivity contribution in [3.63, 3.8) is 0 Å². The molecule has 6 heteroatoms. The van der Waals surface area contributed by atoms with Crippen LogP contribution in [0.1, 0.15) is 53.4 Å². The van der Waals surface area contributed by atoms with E-state index in [2.05, 4.69) is 41.3 Å². The zero-order valence-corrected chi connectivity index (χ0v) is 24.3. The molecule has 39 heavy (non-hydrogen) atoms. The van der Waals surface area contributed by atoms with E-state index in [1.165, 1.54) is 5.56 Å². The summed E-state index contributed by atoms with van der Waals surface area (Å²) in [5, 5.41) is 0.625. The molecule has 0 aromatic heterocycles. The van der Waals surface area contributed by atoms with Gasteiger partial charge in [0.15, 0.2) is 11.4 Å². The minimum absolute atomic E-state index is 0.117. The molecule has 1 aliphatic rings. The van der Waals surface area contributed by atoms with Crippen molar-refractivity contribution in [1.29, 1.82) is 0 Å². The second-order valence-corrected chi connectivity index (χ2v) is 11.4. The fraction of sp³-hybridized carbons (Fsp3) is 0.394. The molecule has 0 aliphatic carbocycles. The highest BCUT2D eigenvalue weighted by Crippen LogP contribution is 2.34. The third-order valence-electron chi connectivity index (χ3n) is 7.37. The molecule has 2 atom stereocenters. The molecular formula is C33H38ClNO4. The second kappa shape index (κ2) is 12.4. The highest BCUT2D eigenvalue weighted by atomic mass is 35.5. The number of ketones is 1. The van der Waals surface area contributed by atoms with Gasteiger partial charge in [-0.2, -0.15) is 0 Å². The molecule has 0 spiro atoms. The summed E-state index contributed by atoms with van der Waals surface area (Å²) in [5.41, 5.74) is 3.93. The first kappa shape index (κ1) is 28.8. The Morgan fingerprint density at radius 2 is 1.59 bits per heavy atom. The van der Waals surface area contributed by atoms with Crippen LogP contribution in [0.2, 0.25) is 5.02 Å². The molecule has 5 nitrogen and oxygen atoms in total. The maximum Gasteiger partial charge on any atom is 0.349 e. The van der Waals surface area contributed by atoms with Crippen LogP contribution < -0.4 is 4.74 Å². The van der Waals surface area contributed by atoms with Crippen molar-refractivity contribution < 1.29 is 19.1 Å². The molecule has 1 saturated heterocycles. The zero-order valence-electron chi connectivity index (χ0n) is 23.5. The fourth-order valence-corrected chi connectivity index (χ4v) is 5.61. The summed E-state index contributed by atoms with van der Waals surface area (Å²) in [6.45, 7) is 11.9. The van der Waals surface area contributed by atoms with Crippen molar-refractivity contribution in [3.05, 3.63) is 99.6 Å². The molecule has 0 N–H and O–H groups in total. The van der Waals surface area contributed by atoms with E-state index in [0.717, 1.165) is 36.2 Å². The van der Waals surface area contributed by atoms with Gasteiger partial charge in [0.05, 0.1) is 6.61 Å². The highest BCUT2D eigenvalue weighted by Gasteiger charge is 2.38. The molecule has 0 bridgehead atoms.